The number of nitrogens with zero attached hydrogens (tertiary/aromatic N) is 2. The molecule has 2 aliphatic rings. The minimum Gasteiger partial charge on any atom is -0.464 e. The second kappa shape index (κ2) is 8.21. The van der Waals surface area contributed by atoms with Crippen molar-refractivity contribution < 1.29 is 24.0 Å². The molecule has 6 nitrogen and oxygen atoms in total. The second-order valence-corrected chi connectivity index (χ2v) is 5.22. The maximum atomic E-state index is 11.4. The van der Waals surface area contributed by atoms with Crippen molar-refractivity contribution in [3.05, 3.63) is 0 Å². The van der Waals surface area contributed by atoms with Crippen molar-refractivity contribution in [1.82, 2.24) is 4.90 Å². The number of aliphatic hydroxyl groups is 1. The van der Waals surface area contributed by atoms with Gasteiger partial charge in [0.15, 0.2) is 6.54 Å². The summed E-state index contributed by atoms with van der Waals surface area (Å²) in [6.45, 7) is 5.53. The predicted molar refractivity (Wildman–Crippen MR) is 74.3 cm³/mol. The van der Waals surface area contributed by atoms with Crippen LogP contribution >= 0.6 is 0 Å². The molecule has 2 heterocycles. The summed E-state index contributed by atoms with van der Waals surface area (Å²) in [4.78, 5) is 13.2. The minimum atomic E-state index is 0.242. The highest BCUT2D eigenvalue weighted by Crippen LogP contribution is 2.08. The summed E-state index contributed by atoms with van der Waals surface area (Å²) < 4.78 is 12.9. The standard InChI is InChI=1S/C14H24N2O4/c17-13-3-1-5-15(13)7-9-19-11-12-20-10-8-16-6-2-4-14(16)18/h1-12H2/p+1. The quantitative estimate of drug-likeness (QED) is 0.492. The fourth-order valence-corrected chi connectivity index (χ4v) is 2.57. The monoisotopic (exact) mass is 285 g/mol. The largest absolute Gasteiger partial charge is 0.464 e. The molecule has 0 spiro atoms. The molecule has 20 heavy (non-hydrogen) atoms. The number of aliphatic hydroxyl groups excluding tert-OH is 1. The van der Waals surface area contributed by atoms with Gasteiger partial charge in [0, 0.05) is 25.9 Å². The van der Waals surface area contributed by atoms with E-state index in [1.165, 1.54) is 0 Å². The van der Waals surface area contributed by atoms with E-state index in [0.717, 1.165) is 38.9 Å². The van der Waals surface area contributed by atoms with Crippen LogP contribution in [0, 0.1) is 0 Å². The van der Waals surface area contributed by atoms with Crippen molar-refractivity contribution >= 4 is 11.8 Å². The summed E-state index contributed by atoms with van der Waals surface area (Å²) >= 11 is 0. The fraction of sp³-hybridized carbons (Fsp3) is 0.857. The molecule has 1 saturated heterocycles. The summed E-state index contributed by atoms with van der Waals surface area (Å²) in [5.41, 5.74) is 0. The lowest BCUT2D eigenvalue weighted by atomic mass is 10.4. The number of likely N-dealkylation sites (tertiary alicyclic amines) is 1. The van der Waals surface area contributed by atoms with E-state index in [9.17, 15) is 9.90 Å². The van der Waals surface area contributed by atoms with Gasteiger partial charge in [0.05, 0.1) is 26.2 Å². The van der Waals surface area contributed by atoms with Gasteiger partial charge in [-0.3, -0.25) is 4.79 Å². The Labute approximate surface area is 120 Å². The van der Waals surface area contributed by atoms with E-state index in [2.05, 4.69) is 0 Å². The molecule has 0 bridgehead atoms. The Morgan fingerprint density at radius 3 is 2.55 bits per heavy atom. The lowest BCUT2D eigenvalue weighted by Crippen LogP contribution is -2.28. The highest BCUT2D eigenvalue weighted by atomic mass is 16.5. The van der Waals surface area contributed by atoms with Gasteiger partial charge in [-0.1, -0.05) is 0 Å². The first kappa shape index (κ1) is 15.3. The van der Waals surface area contributed by atoms with E-state index in [1.807, 2.05) is 9.48 Å². The smallest absolute Gasteiger partial charge is 0.334 e. The number of ether oxygens (including phenoxy) is 2. The van der Waals surface area contributed by atoms with Crippen molar-refractivity contribution in [3.63, 3.8) is 0 Å². The van der Waals surface area contributed by atoms with Crippen LogP contribution in [0.5, 0.6) is 0 Å². The first-order valence-electron chi connectivity index (χ1n) is 7.50. The van der Waals surface area contributed by atoms with Gasteiger partial charge in [0.25, 0.3) is 0 Å². The van der Waals surface area contributed by atoms with Crippen LogP contribution < -0.4 is 0 Å². The average Bonchev–Trinajstić information content (AvgIpc) is 3.02. The Morgan fingerprint density at radius 2 is 1.90 bits per heavy atom. The zero-order valence-corrected chi connectivity index (χ0v) is 12.1. The first-order valence-corrected chi connectivity index (χ1v) is 7.50. The summed E-state index contributed by atoms with van der Waals surface area (Å²) in [7, 11) is 0. The molecule has 1 amide bonds. The molecular formula is C14H25N2O4+. The SMILES string of the molecule is O=C1CCCN1CCOCCOCC[N+]1=C(O)CCC1. The van der Waals surface area contributed by atoms with Crippen molar-refractivity contribution in [2.75, 3.05) is 52.6 Å². The highest BCUT2D eigenvalue weighted by Gasteiger charge is 2.20. The van der Waals surface area contributed by atoms with Crippen LogP contribution in [-0.4, -0.2) is 79.0 Å². The van der Waals surface area contributed by atoms with Gasteiger partial charge >= 0.3 is 5.90 Å². The Kier molecular flexibility index (Phi) is 6.26. The van der Waals surface area contributed by atoms with E-state index >= 15 is 0 Å². The normalized spacial score (nSPS) is 19.4. The Hall–Kier alpha value is -1.14. The molecule has 0 saturated carbocycles. The van der Waals surface area contributed by atoms with Crippen molar-refractivity contribution in [3.8, 4) is 0 Å². The molecule has 6 heteroatoms. The molecule has 0 aromatic carbocycles. The van der Waals surface area contributed by atoms with Gasteiger partial charge in [-0.2, -0.15) is 0 Å². The maximum absolute atomic E-state index is 11.4. The number of carbonyl (C=O) groups excluding carboxylic acids is 1. The molecule has 2 aliphatic heterocycles. The number of rotatable bonds is 9. The summed E-state index contributed by atoms with van der Waals surface area (Å²) in [5, 5.41) is 9.52. The lowest BCUT2D eigenvalue weighted by Gasteiger charge is -2.15. The third kappa shape index (κ3) is 4.76. The van der Waals surface area contributed by atoms with Crippen LogP contribution in [0.25, 0.3) is 0 Å². The Morgan fingerprint density at radius 1 is 1.10 bits per heavy atom. The van der Waals surface area contributed by atoms with Gasteiger partial charge in [0.1, 0.15) is 13.2 Å². The Bertz CT molecular complexity index is 357. The molecule has 0 aromatic rings. The average molecular weight is 285 g/mol. The third-order valence-corrected chi connectivity index (χ3v) is 3.75. The molecule has 0 aromatic heterocycles. The molecule has 1 fully saturated rings. The van der Waals surface area contributed by atoms with Crippen LogP contribution in [0.3, 0.4) is 0 Å². The van der Waals surface area contributed by atoms with Crippen LogP contribution in [0.15, 0.2) is 0 Å². The molecule has 0 atom stereocenters. The van der Waals surface area contributed by atoms with Crippen LogP contribution in [-0.2, 0) is 14.3 Å². The summed E-state index contributed by atoms with van der Waals surface area (Å²) in [6, 6.07) is 0. The van der Waals surface area contributed by atoms with Crippen molar-refractivity contribution in [2.24, 2.45) is 0 Å². The topological polar surface area (TPSA) is 62.0 Å². The van der Waals surface area contributed by atoms with E-state index in [1.54, 1.807) is 0 Å². The summed E-state index contributed by atoms with van der Waals surface area (Å²) in [6.07, 6.45) is 3.48. The predicted octanol–water partition coefficient (Wildman–Crippen LogP) is 0.405. The number of carbonyl (C=O) groups is 1. The van der Waals surface area contributed by atoms with Gasteiger partial charge in [-0.25, -0.2) is 4.58 Å². The molecule has 0 aliphatic carbocycles. The van der Waals surface area contributed by atoms with Gasteiger partial charge < -0.3 is 19.5 Å². The van der Waals surface area contributed by atoms with Crippen molar-refractivity contribution in [1.29, 1.82) is 0 Å². The third-order valence-electron chi connectivity index (χ3n) is 3.75. The van der Waals surface area contributed by atoms with E-state index in [0.29, 0.717) is 45.3 Å². The van der Waals surface area contributed by atoms with E-state index < -0.39 is 0 Å². The van der Waals surface area contributed by atoms with Crippen LogP contribution in [0.2, 0.25) is 0 Å². The molecule has 1 N–H and O–H groups in total. The van der Waals surface area contributed by atoms with Gasteiger partial charge in [-0.15, -0.1) is 0 Å². The van der Waals surface area contributed by atoms with E-state index in [-0.39, 0.29) is 5.91 Å². The molecule has 2 rings (SSSR count). The zero-order chi connectivity index (χ0) is 14.2. The van der Waals surface area contributed by atoms with Crippen molar-refractivity contribution in [2.45, 2.75) is 25.7 Å². The first-order chi connectivity index (χ1) is 9.77. The minimum absolute atomic E-state index is 0.242. The number of hydrogen-bond donors (Lipinski definition) is 1. The molecule has 0 radical (unpaired) electrons. The molecular weight excluding hydrogens is 260 g/mol. The van der Waals surface area contributed by atoms with Gasteiger partial charge in [0.2, 0.25) is 5.91 Å². The summed E-state index contributed by atoms with van der Waals surface area (Å²) in [5.74, 6) is 0.728. The molecule has 114 valence electrons. The zero-order valence-electron chi connectivity index (χ0n) is 12.1. The van der Waals surface area contributed by atoms with Crippen LogP contribution in [0.4, 0.5) is 0 Å². The van der Waals surface area contributed by atoms with Gasteiger partial charge in [-0.05, 0) is 6.42 Å². The highest BCUT2D eigenvalue weighted by molar-refractivity contribution is 5.78. The Balaban J connectivity index is 1.40. The van der Waals surface area contributed by atoms with E-state index in [4.69, 9.17) is 9.47 Å². The second-order valence-electron chi connectivity index (χ2n) is 5.22. The lowest BCUT2D eigenvalue weighted by molar-refractivity contribution is -0.529. The fourth-order valence-electron chi connectivity index (χ4n) is 2.57. The molecule has 0 unspecified atom stereocenters. The number of amides is 1. The van der Waals surface area contributed by atoms with Crippen LogP contribution in [0.1, 0.15) is 25.7 Å². The maximum Gasteiger partial charge on any atom is 0.334 e. The number of hydrogen-bond acceptors (Lipinski definition) is 3.